The fraction of sp³-hybridized carbons (Fsp3) is 0.161. The lowest BCUT2D eigenvalue weighted by Gasteiger charge is -2.16. The third-order valence-electron chi connectivity index (χ3n) is 6.71. The Hall–Kier alpha value is -4.38. The quantitative estimate of drug-likeness (QED) is 0.292. The minimum atomic E-state index is -0.281. The number of pyridine rings is 1. The van der Waals surface area contributed by atoms with E-state index in [0.717, 1.165) is 55.3 Å². The maximum absolute atomic E-state index is 13.1. The number of carbonyl (C=O) groups is 1. The predicted octanol–water partition coefficient (Wildman–Crippen LogP) is 6.49. The highest BCUT2D eigenvalue weighted by molar-refractivity contribution is 5.98. The van der Waals surface area contributed by atoms with Crippen LogP contribution in [0.5, 0.6) is 11.5 Å². The first-order valence-electron chi connectivity index (χ1n) is 11.9. The van der Waals surface area contributed by atoms with Gasteiger partial charge in [-0.05, 0) is 75.7 Å². The Kier molecular flexibility index (Phi) is 6.54. The third-order valence-corrected chi connectivity index (χ3v) is 6.71. The van der Waals surface area contributed by atoms with Crippen LogP contribution in [0.3, 0.4) is 0 Å². The number of benzene rings is 4. The number of ether oxygens (including phenoxy) is 2. The number of nitrogens with zero attached hydrogens (tertiary/aromatic N) is 1. The molecule has 0 bridgehead atoms. The van der Waals surface area contributed by atoms with Crippen LogP contribution >= 0.6 is 0 Å². The van der Waals surface area contributed by atoms with Gasteiger partial charge in [0.05, 0.1) is 20.1 Å². The molecule has 4 aromatic carbocycles. The van der Waals surface area contributed by atoms with Gasteiger partial charge in [-0.3, -0.25) is 9.78 Å². The van der Waals surface area contributed by atoms with Gasteiger partial charge in [0.2, 0.25) is 5.91 Å². The lowest BCUT2D eigenvalue weighted by atomic mass is 9.95. The molecule has 5 aromatic rings. The van der Waals surface area contributed by atoms with Crippen LogP contribution in [0.15, 0.2) is 91.3 Å². The molecular formula is C31H28N2O3. The van der Waals surface area contributed by atoms with E-state index in [1.165, 1.54) is 0 Å². The molecular weight excluding hydrogens is 448 g/mol. The Morgan fingerprint density at radius 1 is 0.861 bits per heavy atom. The first-order chi connectivity index (χ1) is 17.6. The highest BCUT2D eigenvalue weighted by atomic mass is 16.5. The fourth-order valence-corrected chi connectivity index (χ4v) is 4.57. The van der Waals surface area contributed by atoms with Crippen molar-refractivity contribution in [3.63, 3.8) is 0 Å². The molecule has 0 radical (unpaired) electrons. The summed E-state index contributed by atoms with van der Waals surface area (Å²) in [6.45, 7) is 2.36. The van der Waals surface area contributed by atoms with Crippen molar-refractivity contribution in [3.8, 4) is 22.6 Å². The van der Waals surface area contributed by atoms with Crippen molar-refractivity contribution in [2.24, 2.45) is 0 Å². The van der Waals surface area contributed by atoms with Crippen molar-refractivity contribution in [1.82, 2.24) is 10.3 Å². The minimum absolute atomic E-state index is 0.0169. The topological polar surface area (TPSA) is 60.5 Å². The molecule has 1 heterocycles. The Balaban J connectivity index is 1.37. The molecule has 5 rings (SSSR count). The molecule has 0 saturated heterocycles. The SMILES string of the molecule is COc1cccc(-c2ccc(CNC(=O)[C@H](C)c3ccc4cc(OC)ccc4c3)c3cnccc23)c1. The highest BCUT2D eigenvalue weighted by Crippen LogP contribution is 2.32. The third kappa shape index (κ3) is 4.60. The monoisotopic (exact) mass is 476 g/mol. The van der Waals surface area contributed by atoms with E-state index in [4.69, 9.17) is 9.47 Å². The first-order valence-corrected chi connectivity index (χ1v) is 11.9. The Morgan fingerprint density at radius 2 is 1.64 bits per heavy atom. The smallest absolute Gasteiger partial charge is 0.227 e. The molecule has 0 aliphatic heterocycles. The number of amides is 1. The van der Waals surface area contributed by atoms with Gasteiger partial charge in [-0.15, -0.1) is 0 Å². The number of nitrogens with one attached hydrogen (secondary N) is 1. The maximum Gasteiger partial charge on any atom is 0.227 e. The lowest BCUT2D eigenvalue weighted by molar-refractivity contribution is -0.122. The van der Waals surface area contributed by atoms with Crippen molar-refractivity contribution >= 4 is 27.5 Å². The zero-order chi connectivity index (χ0) is 25.1. The maximum atomic E-state index is 13.1. The summed E-state index contributed by atoms with van der Waals surface area (Å²) in [4.78, 5) is 17.4. The normalized spacial score (nSPS) is 11.9. The second kappa shape index (κ2) is 10.1. The molecule has 5 heteroatoms. The standard InChI is InChI=1S/C31H28N2O3/c1-20(21-7-8-23-16-27(36-3)11-9-22(23)15-21)31(34)33-18-25-10-12-28(29-13-14-32-19-30(25)29)24-5-4-6-26(17-24)35-2/h4-17,19-20H,18H2,1-3H3,(H,33,34)/t20-/m1/s1. The summed E-state index contributed by atoms with van der Waals surface area (Å²) in [7, 11) is 3.33. The predicted molar refractivity (Wildman–Crippen MR) is 144 cm³/mol. The summed E-state index contributed by atoms with van der Waals surface area (Å²) < 4.78 is 10.7. The van der Waals surface area contributed by atoms with Crippen molar-refractivity contribution in [1.29, 1.82) is 0 Å². The van der Waals surface area contributed by atoms with Gasteiger partial charge in [0.15, 0.2) is 0 Å². The lowest BCUT2D eigenvalue weighted by Crippen LogP contribution is -2.27. The zero-order valence-electron chi connectivity index (χ0n) is 20.6. The average Bonchev–Trinajstić information content (AvgIpc) is 2.94. The van der Waals surface area contributed by atoms with Crippen molar-refractivity contribution in [3.05, 3.63) is 102 Å². The van der Waals surface area contributed by atoms with Gasteiger partial charge in [0.1, 0.15) is 11.5 Å². The van der Waals surface area contributed by atoms with Gasteiger partial charge in [0, 0.05) is 24.3 Å². The molecule has 36 heavy (non-hydrogen) atoms. The Labute approximate surface area is 210 Å². The van der Waals surface area contributed by atoms with Gasteiger partial charge < -0.3 is 14.8 Å². The molecule has 0 aliphatic rings. The summed E-state index contributed by atoms with van der Waals surface area (Å²) in [6, 6.07) is 26.3. The van der Waals surface area contributed by atoms with Crippen molar-refractivity contribution < 1.29 is 14.3 Å². The molecule has 1 N–H and O–H groups in total. The number of hydrogen-bond acceptors (Lipinski definition) is 4. The molecule has 1 aromatic heterocycles. The van der Waals surface area contributed by atoms with Crippen LogP contribution in [0.2, 0.25) is 0 Å². The number of carbonyl (C=O) groups excluding carboxylic acids is 1. The second-order valence-electron chi connectivity index (χ2n) is 8.84. The van der Waals surface area contributed by atoms with E-state index in [1.54, 1.807) is 20.4 Å². The van der Waals surface area contributed by atoms with Crippen molar-refractivity contribution in [2.75, 3.05) is 14.2 Å². The van der Waals surface area contributed by atoms with Crippen LogP contribution in [0.25, 0.3) is 32.7 Å². The Bertz CT molecular complexity index is 1560. The number of hydrogen-bond donors (Lipinski definition) is 1. The average molecular weight is 477 g/mol. The van der Waals surface area contributed by atoms with Gasteiger partial charge in [0.25, 0.3) is 0 Å². The number of methoxy groups -OCH3 is 2. The molecule has 1 atom stereocenters. The van der Waals surface area contributed by atoms with E-state index in [9.17, 15) is 4.79 Å². The van der Waals surface area contributed by atoms with Gasteiger partial charge in [-0.2, -0.15) is 0 Å². The molecule has 5 nitrogen and oxygen atoms in total. The van der Waals surface area contributed by atoms with E-state index in [2.05, 4.69) is 34.6 Å². The van der Waals surface area contributed by atoms with Crippen LogP contribution in [0, 0.1) is 0 Å². The van der Waals surface area contributed by atoms with Crippen LogP contribution in [0.4, 0.5) is 0 Å². The molecule has 0 saturated carbocycles. The fourth-order valence-electron chi connectivity index (χ4n) is 4.57. The van der Waals surface area contributed by atoms with E-state index in [1.807, 2.05) is 67.7 Å². The van der Waals surface area contributed by atoms with Gasteiger partial charge in [-0.1, -0.05) is 48.5 Å². The summed E-state index contributed by atoms with van der Waals surface area (Å²) in [5.41, 5.74) is 4.17. The van der Waals surface area contributed by atoms with Crippen LogP contribution < -0.4 is 14.8 Å². The summed E-state index contributed by atoms with van der Waals surface area (Å²) in [5, 5.41) is 7.40. The van der Waals surface area contributed by atoms with E-state index < -0.39 is 0 Å². The summed E-state index contributed by atoms with van der Waals surface area (Å²) in [6.07, 6.45) is 3.66. The van der Waals surface area contributed by atoms with Gasteiger partial charge in [-0.25, -0.2) is 0 Å². The molecule has 1 amide bonds. The zero-order valence-corrected chi connectivity index (χ0v) is 20.6. The summed E-state index contributed by atoms with van der Waals surface area (Å²) >= 11 is 0. The molecule has 180 valence electrons. The summed E-state index contributed by atoms with van der Waals surface area (Å²) in [5.74, 6) is 1.33. The van der Waals surface area contributed by atoms with Gasteiger partial charge >= 0.3 is 0 Å². The second-order valence-corrected chi connectivity index (χ2v) is 8.84. The molecule has 0 aliphatic carbocycles. The largest absolute Gasteiger partial charge is 0.497 e. The molecule has 0 unspecified atom stereocenters. The van der Waals surface area contributed by atoms with Crippen LogP contribution in [-0.4, -0.2) is 25.1 Å². The number of rotatable bonds is 7. The number of fused-ring (bicyclic) bond motifs is 2. The minimum Gasteiger partial charge on any atom is -0.497 e. The first kappa shape index (κ1) is 23.4. The van der Waals surface area contributed by atoms with E-state index in [-0.39, 0.29) is 11.8 Å². The van der Waals surface area contributed by atoms with E-state index in [0.29, 0.717) is 6.54 Å². The van der Waals surface area contributed by atoms with Crippen LogP contribution in [0.1, 0.15) is 24.0 Å². The number of aromatic nitrogens is 1. The Morgan fingerprint density at radius 3 is 2.47 bits per heavy atom. The van der Waals surface area contributed by atoms with E-state index >= 15 is 0 Å². The van der Waals surface area contributed by atoms with Crippen molar-refractivity contribution in [2.45, 2.75) is 19.4 Å². The highest BCUT2D eigenvalue weighted by Gasteiger charge is 2.16. The van der Waals surface area contributed by atoms with Crippen LogP contribution in [-0.2, 0) is 11.3 Å². The molecule has 0 fully saturated rings. The molecule has 0 spiro atoms.